The molecule has 2 aromatic rings. The molecule has 3 rings (SSSR count). The number of methoxy groups -OCH3 is 1. The van der Waals surface area contributed by atoms with Crippen molar-refractivity contribution in [2.75, 3.05) is 19.5 Å². The monoisotopic (exact) mass is 363 g/mol. The maximum atomic E-state index is 13.1. The van der Waals surface area contributed by atoms with Crippen molar-refractivity contribution in [1.29, 1.82) is 0 Å². The minimum absolute atomic E-state index is 0.0547. The van der Waals surface area contributed by atoms with Crippen LogP contribution in [0, 0.1) is 5.41 Å². The molecule has 0 saturated carbocycles. The molecule has 0 aliphatic carbocycles. The first kappa shape index (κ1) is 17.3. The Hall–Kier alpha value is -1.52. The van der Waals surface area contributed by atoms with Gasteiger partial charge in [0.1, 0.15) is 5.75 Å². The highest BCUT2D eigenvalue weighted by atomic mass is 35.5. The second-order valence-corrected chi connectivity index (χ2v) is 8.01. The third-order valence-electron chi connectivity index (χ3n) is 4.57. The summed E-state index contributed by atoms with van der Waals surface area (Å²) in [4.78, 5) is 16.5. The fourth-order valence-corrected chi connectivity index (χ4v) is 4.14. The Balaban J connectivity index is 2.03. The van der Waals surface area contributed by atoms with Crippen LogP contribution in [0.5, 0.6) is 5.75 Å². The van der Waals surface area contributed by atoms with Crippen molar-refractivity contribution in [3.63, 3.8) is 0 Å². The molecule has 0 unspecified atom stereocenters. The van der Waals surface area contributed by atoms with E-state index in [1.54, 1.807) is 18.4 Å². The van der Waals surface area contributed by atoms with Crippen molar-refractivity contribution < 1.29 is 9.53 Å². The second-order valence-electron chi connectivity index (χ2n) is 6.74. The topological polar surface area (TPSA) is 29.5 Å². The molecule has 0 spiro atoms. The maximum Gasteiger partial charge on any atom is 0.230 e. The van der Waals surface area contributed by atoms with Crippen LogP contribution < -0.4 is 4.74 Å². The van der Waals surface area contributed by atoms with Crippen molar-refractivity contribution >= 4 is 28.8 Å². The summed E-state index contributed by atoms with van der Waals surface area (Å²) in [6.45, 7) is 4.55. The van der Waals surface area contributed by atoms with Crippen LogP contribution in [-0.2, 0) is 11.2 Å². The van der Waals surface area contributed by atoms with Gasteiger partial charge in [0.05, 0.1) is 18.6 Å². The molecule has 1 aliphatic heterocycles. The summed E-state index contributed by atoms with van der Waals surface area (Å²) in [6, 6.07) is 10.1. The zero-order chi connectivity index (χ0) is 17.3. The molecule has 0 N–H and O–H groups in total. The van der Waals surface area contributed by atoms with Crippen LogP contribution in [0.25, 0.3) is 0 Å². The summed E-state index contributed by atoms with van der Waals surface area (Å²) < 4.78 is 5.26. The van der Waals surface area contributed by atoms with E-state index in [0.717, 1.165) is 24.3 Å². The number of thiophene rings is 1. The number of alkyl halides is 1. The second kappa shape index (κ2) is 6.77. The molecule has 5 heteroatoms. The molecule has 1 aliphatic rings. The number of hydrogen-bond acceptors (Lipinski definition) is 3. The number of rotatable bonds is 4. The molecule has 3 nitrogen and oxygen atoms in total. The highest BCUT2D eigenvalue weighted by Crippen LogP contribution is 2.40. The molecular weight excluding hydrogens is 342 g/mol. The summed E-state index contributed by atoms with van der Waals surface area (Å²) >= 11 is 7.83. The lowest BCUT2D eigenvalue weighted by Crippen LogP contribution is -2.47. The zero-order valence-electron chi connectivity index (χ0n) is 14.2. The SMILES string of the molecule is COc1ccc([C@@H]2c3ccsc3CCN2C(=O)C(C)(C)CCl)cc1. The van der Waals surface area contributed by atoms with Crippen LogP contribution in [0.15, 0.2) is 35.7 Å². The molecular formula is C19H22ClNO2S. The highest BCUT2D eigenvalue weighted by molar-refractivity contribution is 7.10. The van der Waals surface area contributed by atoms with E-state index in [1.807, 2.05) is 43.0 Å². The van der Waals surface area contributed by atoms with Crippen LogP contribution in [-0.4, -0.2) is 30.3 Å². The molecule has 0 saturated heterocycles. The van der Waals surface area contributed by atoms with Gasteiger partial charge in [-0.1, -0.05) is 12.1 Å². The fourth-order valence-electron chi connectivity index (χ4n) is 3.13. The van der Waals surface area contributed by atoms with Crippen LogP contribution in [0.3, 0.4) is 0 Å². The molecule has 1 amide bonds. The van der Waals surface area contributed by atoms with Gasteiger partial charge in [-0.2, -0.15) is 0 Å². The van der Waals surface area contributed by atoms with Gasteiger partial charge in [0.25, 0.3) is 0 Å². The summed E-state index contributed by atoms with van der Waals surface area (Å²) in [5.74, 6) is 1.24. The molecule has 0 radical (unpaired) electrons. The first-order valence-corrected chi connectivity index (χ1v) is 9.46. The zero-order valence-corrected chi connectivity index (χ0v) is 15.8. The van der Waals surface area contributed by atoms with Gasteiger partial charge in [-0.05, 0) is 55.0 Å². The number of carbonyl (C=O) groups is 1. The number of carbonyl (C=O) groups excluding carboxylic acids is 1. The van der Waals surface area contributed by atoms with Crippen LogP contribution in [0.1, 0.15) is 35.9 Å². The maximum absolute atomic E-state index is 13.1. The Bertz CT molecular complexity index is 723. The largest absolute Gasteiger partial charge is 0.497 e. The van der Waals surface area contributed by atoms with Gasteiger partial charge in [-0.15, -0.1) is 22.9 Å². The molecule has 128 valence electrons. The van der Waals surface area contributed by atoms with Crippen LogP contribution in [0.4, 0.5) is 0 Å². The van der Waals surface area contributed by atoms with Crippen molar-refractivity contribution in [1.82, 2.24) is 4.90 Å². The number of nitrogens with zero attached hydrogens (tertiary/aromatic N) is 1. The first-order valence-electron chi connectivity index (χ1n) is 8.05. The molecule has 2 heterocycles. The van der Waals surface area contributed by atoms with E-state index in [-0.39, 0.29) is 11.9 Å². The summed E-state index contributed by atoms with van der Waals surface area (Å²) in [5, 5.41) is 2.11. The number of amides is 1. The van der Waals surface area contributed by atoms with Crippen molar-refractivity contribution in [2.24, 2.45) is 5.41 Å². The van der Waals surface area contributed by atoms with E-state index in [4.69, 9.17) is 16.3 Å². The van der Waals surface area contributed by atoms with Gasteiger partial charge in [0, 0.05) is 17.3 Å². The van der Waals surface area contributed by atoms with E-state index in [9.17, 15) is 4.79 Å². The molecule has 0 bridgehead atoms. The van der Waals surface area contributed by atoms with Gasteiger partial charge in [-0.3, -0.25) is 4.79 Å². The van der Waals surface area contributed by atoms with E-state index in [0.29, 0.717) is 5.88 Å². The van der Waals surface area contributed by atoms with Crippen molar-refractivity contribution in [3.8, 4) is 5.75 Å². The quantitative estimate of drug-likeness (QED) is 0.749. The summed E-state index contributed by atoms with van der Waals surface area (Å²) in [7, 11) is 1.66. The number of fused-ring (bicyclic) bond motifs is 1. The Labute approximate surface area is 152 Å². The molecule has 1 aromatic heterocycles. The van der Waals surface area contributed by atoms with E-state index < -0.39 is 5.41 Å². The van der Waals surface area contributed by atoms with Gasteiger partial charge in [-0.25, -0.2) is 0 Å². The van der Waals surface area contributed by atoms with Gasteiger partial charge in [0.2, 0.25) is 5.91 Å². The molecule has 1 atom stereocenters. The minimum atomic E-state index is -0.570. The summed E-state index contributed by atoms with van der Waals surface area (Å²) in [6.07, 6.45) is 0.907. The van der Waals surface area contributed by atoms with Crippen molar-refractivity contribution in [2.45, 2.75) is 26.3 Å². The van der Waals surface area contributed by atoms with Crippen molar-refractivity contribution in [3.05, 3.63) is 51.7 Å². The first-order chi connectivity index (χ1) is 11.5. The minimum Gasteiger partial charge on any atom is -0.497 e. The lowest BCUT2D eigenvalue weighted by atomic mass is 9.88. The smallest absolute Gasteiger partial charge is 0.230 e. The van der Waals surface area contributed by atoms with E-state index in [2.05, 4.69) is 11.4 Å². The number of benzene rings is 1. The highest BCUT2D eigenvalue weighted by Gasteiger charge is 2.39. The lowest BCUT2D eigenvalue weighted by Gasteiger charge is -2.40. The van der Waals surface area contributed by atoms with Gasteiger partial charge in [0.15, 0.2) is 0 Å². The van der Waals surface area contributed by atoms with E-state index in [1.165, 1.54) is 10.4 Å². The molecule has 24 heavy (non-hydrogen) atoms. The average Bonchev–Trinajstić information content (AvgIpc) is 3.09. The lowest BCUT2D eigenvalue weighted by molar-refractivity contribution is -0.141. The van der Waals surface area contributed by atoms with E-state index >= 15 is 0 Å². The van der Waals surface area contributed by atoms with Crippen LogP contribution >= 0.6 is 22.9 Å². The Morgan fingerprint density at radius 1 is 1.33 bits per heavy atom. The third-order valence-corrected chi connectivity index (χ3v) is 6.24. The number of halogens is 1. The summed E-state index contributed by atoms with van der Waals surface area (Å²) in [5.41, 5.74) is 1.77. The predicted octanol–water partition coefficient (Wildman–Crippen LogP) is 4.50. The van der Waals surface area contributed by atoms with Crippen LogP contribution in [0.2, 0.25) is 0 Å². The average molecular weight is 364 g/mol. The van der Waals surface area contributed by atoms with Gasteiger partial charge < -0.3 is 9.64 Å². The molecule has 0 fully saturated rings. The Kier molecular flexibility index (Phi) is 4.88. The Morgan fingerprint density at radius 3 is 2.67 bits per heavy atom. The predicted molar refractivity (Wildman–Crippen MR) is 99.1 cm³/mol. The fraction of sp³-hybridized carbons (Fsp3) is 0.421. The number of hydrogen-bond donors (Lipinski definition) is 0. The van der Waals surface area contributed by atoms with Gasteiger partial charge >= 0.3 is 0 Å². The Morgan fingerprint density at radius 2 is 2.04 bits per heavy atom. The number of ether oxygens (including phenoxy) is 1. The molecule has 1 aromatic carbocycles. The normalized spacial score (nSPS) is 17.5. The standard InChI is InChI=1S/C19H22ClNO2S/c1-19(2,12-20)18(22)21-10-8-16-15(9-11-24-16)17(21)13-4-6-14(23-3)7-5-13/h4-7,9,11,17H,8,10,12H2,1-3H3/t17-/m1/s1. The third kappa shape index (κ3) is 3.05.